The summed E-state index contributed by atoms with van der Waals surface area (Å²) in [5.41, 5.74) is -0.545. The van der Waals surface area contributed by atoms with Gasteiger partial charge in [0.05, 0.1) is 13.7 Å². The Balaban J connectivity index is 2.34. The minimum Gasteiger partial charge on any atom is -0.497 e. The number of alkyl carbamates (subject to hydrolysis) is 1. The molecular weight excluding hydrogens is 324 g/mol. The fourth-order valence-corrected chi connectivity index (χ4v) is 1.98. The summed E-state index contributed by atoms with van der Waals surface area (Å²) in [6, 6.07) is 7.23. The smallest absolute Gasteiger partial charge is 0.407 e. The van der Waals surface area contributed by atoms with Crippen LogP contribution in [0.2, 0.25) is 0 Å². The average molecular weight is 352 g/mol. The first-order chi connectivity index (χ1) is 11.7. The Morgan fingerprint density at radius 1 is 1.08 bits per heavy atom. The minimum atomic E-state index is -0.545. The van der Waals surface area contributed by atoms with E-state index in [2.05, 4.69) is 5.32 Å². The number of carbonyl (C=O) groups excluding carboxylic acids is 2. The number of nitrogens with one attached hydrogen (secondary N) is 1. The third-order valence-corrected chi connectivity index (χ3v) is 3.18. The van der Waals surface area contributed by atoms with Crippen LogP contribution in [0.15, 0.2) is 24.3 Å². The van der Waals surface area contributed by atoms with Crippen molar-refractivity contribution in [1.82, 2.24) is 10.2 Å². The lowest BCUT2D eigenvalue weighted by atomic mass is 10.2. The van der Waals surface area contributed by atoms with E-state index in [0.29, 0.717) is 32.0 Å². The molecule has 0 aliphatic heterocycles. The Bertz CT molecular complexity index is 552. The molecule has 0 aromatic heterocycles. The second-order valence-electron chi connectivity index (χ2n) is 6.46. The third-order valence-electron chi connectivity index (χ3n) is 3.18. The van der Waals surface area contributed by atoms with E-state index in [9.17, 15) is 9.59 Å². The zero-order chi connectivity index (χ0) is 18.9. The summed E-state index contributed by atoms with van der Waals surface area (Å²) in [7, 11) is 1.60. The highest BCUT2D eigenvalue weighted by Crippen LogP contribution is 2.16. The highest BCUT2D eigenvalue weighted by molar-refractivity contribution is 5.73. The largest absolute Gasteiger partial charge is 0.497 e. The van der Waals surface area contributed by atoms with Crippen molar-refractivity contribution in [3.8, 4) is 11.5 Å². The van der Waals surface area contributed by atoms with Crippen molar-refractivity contribution >= 4 is 12.0 Å². The molecular formula is C18H28N2O5. The maximum Gasteiger partial charge on any atom is 0.407 e. The van der Waals surface area contributed by atoms with Crippen LogP contribution in [-0.4, -0.2) is 55.9 Å². The minimum absolute atomic E-state index is 0.0793. The van der Waals surface area contributed by atoms with Gasteiger partial charge in [-0.15, -0.1) is 0 Å². The van der Waals surface area contributed by atoms with Gasteiger partial charge in [-0.3, -0.25) is 4.79 Å². The number of hydrogen-bond donors (Lipinski definition) is 1. The zero-order valence-corrected chi connectivity index (χ0v) is 15.6. The van der Waals surface area contributed by atoms with Gasteiger partial charge in [0.15, 0.2) is 0 Å². The molecule has 0 saturated carbocycles. The van der Waals surface area contributed by atoms with Gasteiger partial charge >= 0.3 is 6.09 Å². The predicted molar refractivity (Wildman–Crippen MR) is 95.0 cm³/mol. The first-order valence-electron chi connectivity index (χ1n) is 8.20. The summed E-state index contributed by atoms with van der Waals surface area (Å²) >= 11 is 0. The molecule has 25 heavy (non-hydrogen) atoms. The maximum atomic E-state index is 11.7. The van der Waals surface area contributed by atoms with Crippen LogP contribution < -0.4 is 14.8 Å². The molecule has 1 rings (SSSR count). The van der Waals surface area contributed by atoms with Crippen molar-refractivity contribution in [3.05, 3.63) is 24.3 Å². The number of rotatable bonds is 8. The highest BCUT2D eigenvalue weighted by Gasteiger charge is 2.16. The SMILES string of the molecule is COc1ccc(OCCN(CCNC(=O)OC(C)(C)C)C(C)=O)cc1. The summed E-state index contributed by atoms with van der Waals surface area (Å²) < 4.78 is 15.9. The molecule has 140 valence electrons. The molecule has 0 bridgehead atoms. The molecule has 1 aromatic carbocycles. The number of nitrogens with zero attached hydrogens (tertiary/aromatic N) is 1. The molecule has 0 heterocycles. The Kier molecular flexibility index (Phi) is 8.04. The van der Waals surface area contributed by atoms with Crippen LogP contribution in [0.5, 0.6) is 11.5 Å². The summed E-state index contributed by atoms with van der Waals surface area (Å²) in [6.07, 6.45) is -0.495. The second kappa shape index (κ2) is 9.76. The Morgan fingerprint density at radius 2 is 1.68 bits per heavy atom. The van der Waals surface area contributed by atoms with Gasteiger partial charge in [0.2, 0.25) is 5.91 Å². The second-order valence-corrected chi connectivity index (χ2v) is 6.46. The molecule has 1 aromatic rings. The number of benzene rings is 1. The van der Waals surface area contributed by atoms with Crippen molar-refractivity contribution in [2.24, 2.45) is 0 Å². The van der Waals surface area contributed by atoms with Crippen molar-refractivity contribution in [3.63, 3.8) is 0 Å². The van der Waals surface area contributed by atoms with Crippen LogP contribution in [0.25, 0.3) is 0 Å². The fourth-order valence-electron chi connectivity index (χ4n) is 1.98. The van der Waals surface area contributed by atoms with Gasteiger partial charge in [0, 0.05) is 20.0 Å². The van der Waals surface area contributed by atoms with Crippen LogP contribution in [-0.2, 0) is 9.53 Å². The molecule has 0 aliphatic rings. The van der Waals surface area contributed by atoms with Crippen LogP contribution in [0.4, 0.5) is 4.79 Å². The van der Waals surface area contributed by atoms with Gasteiger partial charge < -0.3 is 24.4 Å². The molecule has 0 atom stereocenters. The molecule has 0 fully saturated rings. The maximum absolute atomic E-state index is 11.7. The quantitative estimate of drug-likeness (QED) is 0.778. The van der Waals surface area contributed by atoms with E-state index < -0.39 is 11.7 Å². The van der Waals surface area contributed by atoms with E-state index >= 15 is 0 Å². The lowest BCUT2D eigenvalue weighted by molar-refractivity contribution is -0.129. The Morgan fingerprint density at radius 3 is 2.20 bits per heavy atom. The fraction of sp³-hybridized carbons (Fsp3) is 0.556. The Labute approximate surface area is 149 Å². The van der Waals surface area contributed by atoms with Crippen molar-refractivity contribution < 1.29 is 23.8 Å². The molecule has 7 nitrogen and oxygen atoms in total. The molecule has 2 amide bonds. The number of ether oxygens (including phenoxy) is 3. The van der Waals surface area contributed by atoms with E-state index in [4.69, 9.17) is 14.2 Å². The van der Waals surface area contributed by atoms with E-state index in [1.165, 1.54) is 6.92 Å². The monoisotopic (exact) mass is 352 g/mol. The third kappa shape index (κ3) is 8.83. The van der Waals surface area contributed by atoms with E-state index in [1.54, 1.807) is 44.9 Å². The summed E-state index contributed by atoms with van der Waals surface area (Å²) in [6.45, 7) is 8.37. The summed E-state index contributed by atoms with van der Waals surface area (Å²) in [4.78, 5) is 24.9. The molecule has 0 radical (unpaired) electrons. The molecule has 0 spiro atoms. The zero-order valence-electron chi connectivity index (χ0n) is 15.6. The van der Waals surface area contributed by atoms with Gasteiger partial charge in [-0.05, 0) is 45.0 Å². The first-order valence-corrected chi connectivity index (χ1v) is 8.20. The van der Waals surface area contributed by atoms with Gasteiger partial charge in [0.25, 0.3) is 0 Å². The normalized spacial score (nSPS) is 10.8. The van der Waals surface area contributed by atoms with Crippen molar-refractivity contribution in [1.29, 1.82) is 0 Å². The Hall–Kier alpha value is -2.44. The van der Waals surface area contributed by atoms with E-state index in [-0.39, 0.29) is 5.91 Å². The lowest BCUT2D eigenvalue weighted by Crippen LogP contribution is -2.41. The van der Waals surface area contributed by atoms with Crippen molar-refractivity contribution in [2.45, 2.75) is 33.3 Å². The van der Waals surface area contributed by atoms with Crippen LogP contribution in [0.3, 0.4) is 0 Å². The molecule has 0 aliphatic carbocycles. The van der Waals surface area contributed by atoms with E-state index in [0.717, 1.165) is 5.75 Å². The lowest BCUT2D eigenvalue weighted by Gasteiger charge is -2.23. The first kappa shape index (κ1) is 20.6. The number of carbonyl (C=O) groups is 2. The van der Waals surface area contributed by atoms with Gasteiger partial charge in [-0.1, -0.05) is 0 Å². The van der Waals surface area contributed by atoms with Crippen LogP contribution >= 0.6 is 0 Å². The highest BCUT2D eigenvalue weighted by atomic mass is 16.6. The predicted octanol–water partition coefficient (Wildman–Crippen LogP) is 2.45. The van der Waals surface area contributed by atoms with Gasteiger partial charge in [-0.2, -0.15) is 0 Å². The van der Waals surface area contributed by atoms with Gasteiger partial charge in [-0.25, -0.2) is 4.79 Å². The number of methoxy groups -OCH3 is 1. The molecule has 7 heteroatoms. The number of amides is 2. The topological polar surface area (TPSA) is 77.1 Å². The molecule has 1 N–H and O–H groups in total. The van der Waals surface area contributed by atoms with Crippen LogP contribution in [0, 0.1) is 0 Å². The van der Waals surface area contributed by atoms with Crippen molar-refractivity contribution in [2.75, 3.05) is 33.4 Å². The number of hydrogen-bond acceptors (Lipinski definition) is 5. The van der Waals surface area contributed by atoms with E-state index in [1.807, 2.05) is 12.1 Å². The standard InChI is InChI=1S/C18H28N2O5/c1-14(21)20(11-10-19-17(22)25-18(2,3)4)12-13-24-16-8-6-15(23-5)7-9-16/h6-9H,10-13H2,1-5H3,(H,19,22). The molecule has 0 unspecified atom stereocenters. The van der Waals surface area contributed by atoms with Gasteiger partial charge in [0.1, 0.15) is 23.7 Å². The van der Waals surface area contributed by atoms with Crippen LogP contribution in [0.1, 0.15) is 27.7 Å². The molecule has 0 saturated heterocycles. The summed E-state index contributed by atoms with van der Waals surface area (Å²) in [5, 5.41) is 2.64. The summed E-state index contributed by atoms with van der Waals surface area (Å²) in [5.74, 6) is 1.38. The average Bonchev–Trinajstić information content (AvgIpc) is 2.52.